The van der Waals surface area contributed by atoms with E-state index in [1.54, 1.807) is 18.2 Å². The molecule has 2 aromatic heterocycles. The van der Waals surface area contributed by atoms with E-state index in [1.807, 2.05) is 30.3 Å². The molecule has 0 saturated carbocycles. The summed E-state index contributed by atoms with van der Waals surface area (Å²) in [5.41, 5.74) is 4.02. The zero-order chi connectivity index (χ0) is 30.6. The van der Waals surface area contributed by atoms with Crippen LogP contribution in [-0.4, -0.2) is 69.8 Å². The van der Waals surface area contributed by atoms with Gasteiger partial charge in [0.25, 0.3) is 0 Å². The van der Waals surface area contributed by atoms with Crippen LogP contribution in [0.5, 0.6) is 5.75 Å². The molecule has 3 heterocycles. The molecule has 5 rings (SSSR count). The van der Waals surface area contributed by atoms with Gasteiger partial charge in [0, 0.05) is 37.0 Å². The lowest BCUT2D eigenvalue weighted by atomic mass is 10.1. The molecule has 3 N–H and O–H groups in total. The number of carbonyl (C=O) groups is 1. The third-order valence-electron chi connectivity index (χ3n) is 7.69. The lowest BCUT2D eigenvalue weighted by Gasteiger charge is -2.25. The minimum atomic E-state index is -0.945. The maximum absolute atomic E-state index is 13.3. The summed E-state index contributed by atoms with van der Waals surface area (Å²) in [7, 11) is 0. The third-order valence-corrected chi connectivity index (χ3v) is 7.69. The van der Waals surface area contributed by atoms with E-state index in [4.69, 9.17) is 9.72 Å². The first kappa shape index (κ1) is 30.9. The molecule has 0 amide bonds. The van der Waals surface area contributed by atoms with Gasteiger partial charge in [0.1, 0.15) is 42.2 Å². The molecule has 0 fully saturated rings. The van der Waals surface area contributed by atoms with Gasteiger partial charge in [0.15, 0.2) is 0 Å². The van der Waals surface area contributed by atoms with E-state index in [0.717, 1.165) is 68.0 Å². The van der Waals surface area contributed by atoms with Gasteiger partial charge < -0.3 is 20.5 Å². The largest absolute Gasteiger partial charge is 0.492 e. The molecule has 2 aromatic carbocycles. The Labute approximate surface area is 257 Å². The number of rotatable bonds is 16. The number of hydrogen-bond donors (Lipinski definition) is 3. The van der Waals surface area contributed by atoms with Crippen molar-refractivity contribution in [2.24, 2.45) is 0 Å². The monoisotopic (exact) mass is 598 g/mol. The summed E-state index contributed by atoms with van der Waals surface area (Å²) in [5.74, 6) is 0.820. The molecular formula is C34H39FN6O3. The highest BCUT2D eigenvalue weighted by atomic mass is 19.1. The SMILES string of the molecule is O=C(O)C(CCN(CCCCc1ccc2c(n1)NCCC2)CCOc1ccc(F)cc1)Nc1cc(-c2ccccc2)ncn1. The summed E-state index contributed by atoms with van der Waals surface area (Å²) in [5, 5.41) is 16.5. The van der Waals surface area contributed by atoms with Crippen LogP contribution in [0.25, 0.3) is 11.3 Å². The van der Waals surface area contributed by atoms with E-state index in [2.05, 4.69) is 37.6 Å². The quantitative estimate of drug-likeness (QED) is 0.140. The van der Waals surface area contributed by atoms with E-state index in [-0.39, 0.29) is 5.82 Å². The lowest BCUT2D eigenvalue weighted by Crippen LogP contribution is -2.37. The van der Waals surface area contributed by atoms with Crippen molar-refractivity contribution in [1.82, 2.24) is 19.9 Å². The lowest BCUT2D eigenvalue weighted by molar-refractivity contribution is -0.138. The highest BCUT2D eigenvalue weighted by Gasteiger charge is 2.20. The van der Waals surface area contributed by atoms with Crippen LogP contribution < -0.4 is 15.4 Å². The van der Waals surface area contributed by atoms with E-state index < -0.39 is 12.0 Å². The van der Waals surface area contributed by atoms with Crippen LogP contribution in [0, 0.1) is 5.82 Å². The Bertz CT molecular complexity index is 1490. The Kier molecular flexibility index (Phi) is 11.1. The fourth-order valence-electron chi connectivity index (χ4n) is 5.26. The maximum atomic E-state index is 13.3. The molecule has 4 aromatic rings. The van der Waals surface area contributed by atoms with Crippen LogP contribution >= 0.6 is 0 Å². The second-order valence-corrected chi connectivity index (χ2v) is 10.9. The van der Waals surface area contributed by atoms with Crippen LogP contribution in [0.2, 0.25) is 0 Å². The normalized spacial score (nSPS) is 13.1. The summed E-state index contributed by atoms with van der Waals surface area (Å²) < 4.78 is 19.1. The van der Waals surface area contributed by atoms with Crippen molar-refractivity contribution in [3.63, 3.8) is 0 Å². The fourth-order valence-corrected chi connectivity index (χ4v) is 5.26. The molecule has 0 bridgehead atoms. The van der Waals surface area contributed by atoms with E-state index >= 15 is 0 Å². The van der Waals surface area contributed by atoms with Crippen molar-refractivity contribution < 1.29 is 19.0 Å². The second kappa shape index (κ2) is 15.8. The van der Waals surface area contributed by atoms with Crippen LogP contribution in [-0.2, 0) is 17.6 Å². The number of pyridine rings is 1. The number of anilines is 2. The molecular weight excluding hydrogens is 559 g/mol. The number of unbranched alkanes of at least 4 members (excludes halogenated alkanes) is 1. The Hall–Kier alpha value is -4.57. The number of hydrogen-bond acceptors (Lipinski definition) is 8. The Balaban J connectivity index is 1.17. The first-order valence-corrected chi connectivity index (χ1v) is 15.2. The molecule has 0 radical (unpaired) electrons. The van der Waals surface area contributed by atoms with Crippen LogP contribution in [0.4, 0.5) is 16.0 Å². The molecule has 0 aliphatic carbocycles. The number of aromatic nitrogens is 3. The number of nitrogens with zero attached hydrogens (tertiary/aromatic N) is 4. The number of carboxylic acids is 1. The maximum Gasteiger partial charge on any atom is 0.326 e. The first-order valence-electron chi connectivity index (χ1n) is 15.2. The average Bonchev–Trinajstić information content (AvgIpc) is 3.05. The average molecular weight is 599 g/mol. The van der Waals surface area contributed by atoms with Gasteiger partial charge in [-0.15, -0.1) is 0 Å². The van der Waals surface area contributed by atoms with Gasteiger partial charge in [-0.25, -0.2) is 24.1 Å². The summed E-state index contributed by atoms with van der Waals surface area (Å²) in [6.45, 7) is 3.32. The number of aliphatic carboxylic acids is 1. The minimum Gasteiger partial charge on any atom is -0.492 e. The Morgan fingerprint density at radius 2 is 1.86 bits per heavy atom. The number of nitrogens with one attached hydrogen (secondary N) is 2. The molecule has 9 nitrogen and oxygen atoms in total. The Morgan fingerprint density at radius 3 is 2.68 bits per heavy atom. The zero-order valence-electron chi connectivity index (χ0n) is 24.8. The molecule has 44 heavy (non-hydrogen) atoms. The van der Waals surface area contributed by atoms with Gasteiger partial charge in [0.2, 0.25) is 0 Å². The van der Waals surface area contributed by atoms with Crippen molar-refractivity contribution >= 4 is 17.6 Å². The van der Waals surface area contributed by atoms with Crippen LogP contribution in [0.1, 0.15) is 36.9 Å². The van der Waals surface area contributed by atoms with Crippen molar-refractivity contribution in [1.29, 1.82) is 0 Å². The fraction of sp³-hybridized carbons (Fsp3) is 0.353. The molecule has 1 aliphatic heterocycles. The predicted octanol–water partition coefficient (Wildman–Crippen LogP) is 5.69. The van der Waals surface area contributed by atoms with Crippen molar-refractivity contribution in [2.45, 2.75) is 44.6 Å². The summed E-state index contributed by atoms with van der Waals surface area (Å²) in [4.78, 5) is 27.9. The highest BCUT2D eigenvalue weighted by Crippen LogP contribution is 2.21. The number of ether oxygens (including phenoxy) is 1. The van der Waals surface area contributed by atoms with E-state index in [9.17, 15) is 14.3 Å². The highest BCUT2D eigenvalue weighted by molar-refractivity contribution is 5.77. The molecule has 230 valence electrons. The van der Waals surface area contributed by atoms with E-state index in [0.29, 0.717) is 37.7 Å². The Morgan fingerprint density at radius 1 is 1.02 bits per heavy atom. The second-order valence-electron chi connectivity index (χ2n) is 10.9. The zero-order valence-corrected chi connectivity index (χ0v) is 24.8. The number of carboxylic acid groups (broad SMARTS) is 1. The van der Waals surface area contributed by atoms with Crippen LogP contribution in [0.3, 0.4) is 0 Å². The van der Waals surface area contributed by atoms with Crippen molar-refractivity contribution in [2.75, 3.05) is 43.4 Å². The topological polar surface area (TPSA) is 112 Å². The van der Waals surface area contributed by atoms with Gasteiger partial charge in [-0.2, -0.15) is 0 Å². The first-order chi connectivity index (χ1) is 21.5. The van der Waals surface area contributed by atoms with Crippen molar-refractivity contribution in [3.8, 4) is 17.0 Å². The number of aryl methyl sites for hydroxylation is 2. The van der Waals surface area contributed by atoms with Gasteiger partial charge in [-0.1, -0.05) is 36.4 Å². The van der Waals surface area contributed by atoms with Gasteiger partial charge in [0.05, 0.1) is 5.69 Å². The van der Waals surface area contributed by atoms with Crippen LogP contribution in [0.15, 0.2) is 79.1 Å². The molecule has 0 saturated heterocycles. The van der Waals surface area contributed by atoms with E-state index in [1.165, 1.54) is 24.0 Å². The number of fused-ring (bicyclic) bond motifs is 1. The predicted molar refractivity (Wildman–Crippen MR) is 169 cm³/mol. The molecule has 1 unspecified atom stereocenters. The summed E-state index contributed by atoms with van der Waals surface area (Å²) >= 11 is 0. The number of benzene rings is 2. The molecule has 1 aliphatic rings. The smallest absolute Gasteiger partial charge is 0.326 e. The molecule has 1 atom stereocenters. The standard InChI is InChI=1S/C34H39FN6O3/c35-27-12-15-29(16-13-27)44-22-21-41(19-5-4-10-28-14-11-26-9-6-18-36-33(26)39-28)20-17-30(34(42)43)40-32-23-31(37-24-38-32)25-7-2-1-3-8-25/h1-3,7-8,11-16,23-24,30H,4-6,9-10,17-22H2,(H,36,39)(H,42,43)(H,37,38,40). The van der Waals surface area contributed by atoms with Gasteiger partial charge >= 0.3 is 5.97 Å². The van der Waals surface area contributed by atoms with Gasteiger partial charge in [-0.05, 0) is 81.0 Å². The minimum absolute atomic E-state index is 0.310. The molecule has 10 heteroatoms. The van der Waals surface area contributed by atoms with Gasteiger partial charge in [-0.3, -0.25) is 4.90 Å². The third kappa shape index (κ3) is 9.21. The summed E-state index contributed by atoms with van der Waals surface area (Å²) in [6, 6.07) is 20.9. The van der Waals surface area contributed by atoms with Crippen molar-refractivity contribution in [3.05, 3.63) is 96.2 Å². The molecule has 0 spiro atoms. The number of halogens is 1. The summed E-state index contributed by atoms with van der Waals surface area (Å²) in [6.07, 6.45) is 6.80.